The molecule has 170 valence electrons. The van der Waals surface area contributed by atoms with E-state index in [0.717, 1.165) is 36.5 Å². The van der Waals surface area contributed by atoms with Crippen LogP contribution in [0.2, 0.25) is 0 Å². The molecule has 0 N–H and O–H groups in total. The Kier molecular flexibility index (Phi) is 4.63. The van der Waals surface area contributed by atoms with Crippen molar-refractivity contribution in [2.45, 2.75) is 70.4 Å². The minimum Gasteiger partial charge on any atom is -0.431 e. The molecule has 1 aromatic heterocycles. The smallest absolute Gasteiger partial charge is 0.359 e. The number of carbonyl (C=O) groups excluding carboxylic acids is 1. The quantitative estimate of drug-likeness (QED) is 0.500. The summed E-state index contributed by atoms with van der Waals surface area (Å²) in [6.07, 6.45) is 3.99. The van der Waals surface area contributed by atoms with Gasteiger partial charge in [-0.15, -0.1) is 0 Å². The van der Waals surface area contributed by atoms with E-state index in [1.165, 1.54) is 0 Å². The highest BCUT2D eigenvalue weighted by molar-refractivity contribution is 6.02. The molecule has 0 radical (unpaired) electrons. The average molecular weight is 440 g/mol. The van der Waals surface area contributed by atoms with Gasteiger partial charge in [-0.2, -0.15) is 0 Å². The van der Waals surface area contributed by atoms with Gasteiger partial charge in [0.15, 0.2) is 17.6 Å². The number of benzene rings is 1. The van der Waals surface area contributed by atoms with Crippen LogP contribution < -0.4 is 0 Å². The van der Waals surface area contributed by atoms with Gasteiger partial charge in [0.25, 0.3) is 0 Å². The number of fused-ring (bicyclic) bond motifs is 3. The van der Waals surface area contributed by atoms with Crippen molar-refractivity contribution >= 4 is 16.7 Å². The Morgan fingerprint density at radius 3 is 2.81 bits per heavy atom. The lowest BCUT2D eigenvalue weighted by Gasteiger charge is -2.59. The predicted molar refractivity (Wildman–Crippen MR) is 114 cm³/mol. The van der Waals surface area contributed by atoms with Gasteiger partial charge in [0.2, 0.25) is 12.1 Å². The summed E-state index contributed by atoms with van der Waals surface area (Å²) < 4.78 is 18.6. The zero-order valence-electron chi connectivity index (χ0n) is 18.7. The van der Waals surface area contributed by atoms with Crippen molar-refractivity contribution in [1.29, 1.82) is 0 Å². The van der Waals surface area contributed by atoms with E-state index < -0.39 is 29.9 Å². The van der Waals surface area contributed by atoms with Crippen molar-refractivity contribution in [3.63, 3.8) is 0 Å². The molecule has 2 aromatic rings. The highest BCUT2D eigenvalue weighted by Gasteiger charge is 2.69. The summed E-state index contributed by atoms with van der Waals surface area (Å²) in [5.74, 6) is -0.564. The molecule has 0 unspecified atom stereocenters. The van der Waals surface area contributed by atoms with Gasteiger partial charge >= 0.3 is 5.97 Å². The van der Waals surface area contributed by atoms with Gasteiger partial charge in [-0.05, 0) is 49.5 Å². The third-order valence-electron chi connectivity index (χ3n) is 8.19. The largest absolute Gasteiger partial charge is 0.431 e. The van der Waals surface area contributed by atoms with Crippen LogP contribution in [0.4, 0.5) is 0 Å². The third-order valence-corrected chi connectivity index (χ3v) is 8.19. The first-order valence-corrected chi connectivity index (χ1v) is 11.7. The van der Waals surface area contributed by atoms with Crippen molar-refractivity contribution in [2.75, 3.05) is 0 Å². The first-order chi connectivity index (χ1) is 15.4. The maximum atomic E-state index is 13.2. The minimum absolute atomic E-state index is 0.0742. The standard InChI is InChI=1S/C25H29NO6/c1-14-8-9-19-15(2)22(28-21(27)20-17-7-5-4-6-16(17)11-13-26-20)29-23-25(19)18(14)10-12-24(3,30-23)31-32-25/h4-7,11,13-15,18-19,22-23H,8-10,12H2,1-3H3/t14-,15-,18+,19+,22+,23-,24+,25-/m1/s1. The Labute approximate surface area is 187 Å². The van der Waals surface area contributed by atoms with Crippen LogP contribution in [-0.4, -0.2) is 34.9 Å². The van der Waals surface area contributed by atoms with Crippen LogP contribution in [0.5, 0.6) is 0 Å². The summed E-state index contributed by atoms with van der Waals surface area (Å²) in [4.78, 5) is 29.5. The number of aromatic nitrogens is 1. The monoisotopic (exact) mass is 439 g/mol. The SMILES string of the molecule is C[C@H]1[C@@H](OC(=O)c2nccc3ccccc23)O[C@@H]2O[C@]3(C)CC[C@H]4[C@H](C)CC[C@@H]1[C@@]24OO3. The molecule has 1 aromatic carbocycles. The molecule has 7 heteroatoms. The number of ether oxygens (including phenoxy) is 3. The van der Waals surface area contributed by atoms with Crippen molar-refractivity contribution in [3.8, 4) is 0 Å². The van der Waals surface area contributed by atoms with E-state index >= 15 is 0 Å². The van der Waals surface area contributed by atoms with E-state index in [0.29, 0.717) is 11.6 Å². The lowest BCUT2D eigenvalue weighted by molar-refractivity contribution is -0.576. The van der Waals surface area contributed by atoms with Crippen LogP contribution in [0.3, 0.4) is 0 Å². The molecule has 1 spiro atoms. The number of hydrogen-bond acceptors (Lipinski definition) is 7. The molecule has 7 nitrogen and oxygen atoms in total. The molecule has 5 heterocycles. The average Bonchev–Trinajstić information content (AvgIpc) is 3.02. The van der Waals surface area contributed by atoms with Crippen molar-refractivity contribution in [3.05, 3.63) is 42.2 Å². The summed E-state index contributed by atoms with van der Waals surface area (Å²) in [5, 5.41) is 1.71. The van der Waals surface area contributed by atoms with E-state index in [-0.39, 0.29) is 17.8 Å². The van der Waals surface area contributed by atoms with Crippen molar-refractivity contribution in [2.24, 2.45) is 23.7 Å². The van der Waals surface area contributed by atoms with Crippen LogP contribution in [0.1, 0.15) is 56.9 Å². The zero-order chi connectivity index (χ0) is 22.1. The number of nitrogens with zero attached hydrogens (tertiary/aromatic N) is 1. The minimum atomic E-state index is -0.857. The van der Waals surface area contributed by atoms with E-state index in [1.54, 1.807) is 6.20 Å². The predicted octanol–water partition coefficient (Wildman–Crippen LogP) is 4.60. The Morgan fingerprint density at radius 1 is 1.09 bits per heavy atom. The maximum absolute atomic E-state index is 13.2. The molecule has 5 fully saturated rings. The molecule has 0 amide bonds. The van der Waals surface area contributed by atoms with Crippen LogP contribution in [0, 0.1) is 23.7 Å². The van der Waals surface area contributed by atoms with Gasteiger partial charge in [0.1, 0.15) is 0 Å². The fraction of sp³-hybridized carbons (Fsp3) is 0.600. The fourth-order valence-electron chi connectivity index (χ4n) is 6.45. The van der Waals surface area contributed by atoms with Crippen molar-refractivity contribution < 1.29 is 28.8 Å². The number of esters is 1. The maximum Gasteiger partial charge on any atom is 0.359 e. The van der Waals surface area contributed by atoms with E-state index in [9.17, 15) is 4.79 Å². The molecular weight excluding hydrogens is 410 g/mol. The topological polar surface area (TPSA) is 76.1 Å². The summed E-state index contributed by atoms with van der Waals surface area (Å²) in [7, 11) is 0. The van der Waals surface area contributed by atoms with Crippen molar-refractivity contribution in [1.82, 2.24) is 4.98 Å². The summed E-state index contributed by atoms with van der Waals surface area (Å²) >= 11 is 0. The number of hydrogen-bond donors (Lipinski definition) is 0. The van der Waals surface area contributed by atoms with E-state index in [4.69, 9.17) is 24.0 Å². The summed E-state index contributed by atoms with van der Waals surface area (Å²) in [5.41, 5.74) is -0.377. The number of carbonyl (C=O) groups is 1. The van der Waals surface area contributed by atoms with Crippen LogP contribution in [-0.2, 0) is 24.0 Å². The van der Waals surface area contributed by atoms with Crippen LogP contribution in [0.15, 0.2) is 36.5 Å². The molecule has 5 aliphatic rings. The van der Waals surface area contributed by atoms with E-state index in [2.05, 4.69) is 18.8 Å². The lowest BCUT2D eigenvalue weighted by Crippen LogP contribution is -2.70. The molecule has 4 saturated heterocycles. The van der Waals surface area contributed by atoms with Gasteiger partial charge in [0, 0.05) is 29.8 Å². The highest BCUT2D eigenvalue weighted by Crippen LogP contribution is 2.60. The summed E-state index contributed by atoms with van der Waals surface area (Å²) in [6.45, 7) is 6.23. The molecule has 4 aliphatic heterocycles. The number of rotatable bonds is 2. The second-order valence-electron chi connectivity index (χ2n) is 10.1. The number of pyridine rings is 1. The molecule has 1 saturated carbocycles. The lowest BCUT2D eigenvalue weighted by atomic mass is 9.58. The second-order valence-corrected chi connectivity index (χ2v) is 10.1. The first kappa shape index (κ1) is 20.5. The molecule has 8 atom stereocenters. The van der Waals surface area contributed by atoms with Gasteiger partial charge < -0.3 is 14.2 Å². The molecule has 1 aliphatic carbocycles. The molecular formula is C25H29NO6. The normalized spacial score (nSPS) is 42.8. The molecule has 32 heavy (non-hydrogen) atoms. The Morgan fingerprint density at radius 2 is 1.94 bits per heavy atom. The first-order valence-electron chi connectivity index (χ1n) is 11.7. The third kappa shape index (κ3) is 2.88. The Bertz CT molecular complexity index is 1050. The van der Waals surface area contributed by atoms with Crippen LogP contribution in [0.25, 0.3) is 10.8 Å². The zero-order valence-corrected chi connectivity index (χ0v) is 18.7. The molecule has 7 rings (SSSR count). The molecule has 2 bridgehead atoms. The highest BCUT2D eigenvalue weighted by atomic mass is 17.3. The Hall–Kier alpha value is -2.06. The van der Waals surface area contributed by atoms with Gasteiger partial charge in [0.05, 0.1) is 0 Å². The fourth-order valence-corrected chi connectivity index (χ4v) is 6.45. The summed E-state index contributed by atoms with van der Waals surface area (Å²) in [6, 6.07) is 9.54. The van der Waals surface area contributed by atoms with Gasteiger partial charge in [-0.3, -0.25) is 0 Å². The second kappa shape index (κ2) is 7.22. The van der Waals surface area contributed by atoms with Crippen LogP contribution >= 0.6 is 0 Å². The van der Waals surface area contributed by atoms with Gasteiger partial charge in [-0.25, -0.2) is 19.6 Å². The van der Waals surface area contributed by atoms with Gasteiger partial charge in [-0.1, -0.05) is 38.1 Å². The Balaban J connectivity index is 1.32. The van der Waals surface area contributed by atoms with E-state index in [1.807, 2.05) is 37.3 Å².